The molecule has 2 aliphatic rings. The van der Waals surface area contributed by atoms with Gasteiger partial charge in [0.1, 0.15) is 11.0 Å². The van der Waals surface area contributed by atoms with Crippen LogP contribution in [0.4, 0.5) is 10.5 Å². The number of pyridine rings is 1. The molecule has 1 aliphatic heterocycles. The quantitative estimate of drug-likeness (QED) is 0.907. The predicted molar refractivity (Wildman–Crippen MR) is 84.7 cm³/mol. The standard InChI is InChI=1S/C17H22N2O4/c1-16(2,3)23-15(22)19-10-4-5-11-12(19)6-7-13(18-11)17(8-9-17)14(20)21/h6-7H,4-5,8-10H2,1-3H3,(H,20,21). The minimum Gasteiger partial charge on any atom is -0.481 e. The van der Waals surface area contributed by atoms with E-state index in [0.29, 0.717) is 25.1 Å². The number of amides is 1. The van der Waals surface area contributed by atoms with E-state index >= 15 is 0 Å². The Kier molecular flexibility index (Phi) is 3.58. The smallest absolute Gasteiger partial charge is 0.414 e. The molecule has 1 fully saturated rings. The number of anilines is 1. The maximum Gasteiger partial charge on any atom is 0.414 e. The van der Waals surface area contributed by atoms with Crippen molar-refractivity contribution in [1.29, 1.82) is 0 Å². The number of carboxylic acid groups (broad SMARTS) is 1. The summed E-state index contributed by atoms with van der Waals surface area (Å²) in [6, 6.07) is 3.55. The zero-order chi connectivity index (χ0) is 16.8. The van der Waals surface area contributed by atoms with Crippen LogP contribution < -0.4 is 4.90 Å². The van der Waals surface area contributed by atoms with E-state index in [1.54, 1.807) is 11.0 Å². The molecule has 1 aliphatic carbocycles. The van der Waals surface area contributed by atoms with Crippen molar-refractivity contribution in [2.75, 3.05) is 11.4 Å². The van der Waals surface area contributed by atoms with Gasteiger partial charge in [0, 0.05) is 6.54 Å². The molecule has 0 atom stereocenters. The Morgan fingerprint density at radius 1 is 1.30 bits per heavy atom. The summed E-state index contributed by atoms with van der Waals surface area (Å²) >= 11 is 0. The molecule has 1 amide bonds. The van der Waals surface area contributed by atoms with Crippen LogP contribution in [0.5, 0.6) is 0 Å². The molecule has 1 N–H and O–H groups in total. The molecule has 6 heteroatoms. The highest BCUT2D eigenvalue weighted by atomic mass is 16.6. The molecule has 6 nitrogen and oxygen atoms in total. The normalized spacial score (nSPS) is 19.0. The van der Waals surface area contributed by atoms with Gasteiger partial charge in [-0.1, -0.05) is 0 Å². The number of rotatable bonds is 2. The highest BCUT2D eigenvalue weighted by Crippen LogP contribution is 2.48. The van der Waals surface area contributed by atoms with Gasteiger partial charge in [0.25, 0.3) is 0 Å². The summed E-state index contributed by atoms with van der Waals surface area (Å²) in [5, 5.41) is 9.40. The number of hydrogen-bond acceptors (Lipinski definition) is 4. The molecular weight excluding hydrogens is 296 g/mol. The first-order valence-corrected chi connectivity index (χ1v) is 7.97. The maximum absolute atomic E-state index is 12.4. The van der Waals surface area contributed by atoms with Crippen LogP contribution in [0.25, 0.3) is 0 Å². The van der Waals surface area contributed by atoms with E-state index in [1.165, 1.54) is 0 Å². The van der Waals surface area contributed by atoms with Gasteiger partial charge in [0.2, 0.25) is 0 Å². The number of aliphatic carboxylic acids is 1. The molecule has 23 heavy (non-hydrogen) atoms. The number of ether oxygens (including phenoxy) is 1. The molecule has 1 aromatic heterocycles. The molecule has 124 valence electrons. The monoisotopic (exact) mass is 318 g/mol. The number of aromatic nitrogens is 1. The van der Waals surface area contributed by atoms with Crippen LogP contribution in [0.1, 0.15) is 51.4 Å². The molecule has 3 rings (SSSR count). The summed E-state index contributed by atoms with van der Waals surface area (Å²) in [6.45, 7) is 6.09. The van der Waals surface area contributed by atoms with E-state index in [4.69, 9.17) is 4.74 Å². The summed E-state index contributed by atoms with van der Waals surface area (Å²) in [7, 11) is 0. The summed E-state index contributed by atoms with van der Waals surface area (Å²) in [6.07, 6.45) is 2.42. The summed E-state index contributed by atoms with van der Waals surface area (Å²) < 4.78 is 5.45. The van der Waals surface area contributed by atoms with Crippen LogP contribution in [0, 0.1) is 0 Å². The highest BCUT2D eigenvalue weighted by Gasteiger charge is 2.53. The van der Waals surface area contributed by atoms with Crippen LogP contribution in [-0.4, -0.2) is 34.3 Å². The minimum atomic E-state index is -0.816. The van der Waals surface area contributed by atoms with Crippen molar-refractivity contribution in [1.82, 2.24) is 4.98 Å². The van der Waals surface area contributed by atoms with Gasteiger partial charge in [-0.25, -0.2) is 4.79 Å². The molecule has 0 spiro atoms. The van der Waals surface area contributed by atoms with Gasteiger partial charge in [-0.05, 0) is 58.6 Å². The number of nitrogens with zero attached hydrogens (tertiary/aromatic N) is 2. The van der Waals surface area contributed by atoms with Gasteiger partial charge in [-0.3, -0.25) is 14.7 Å². The second-order valence-corrected chi connectivity index (χ2v) is 7.29. The number of aryl methyl sites for hydroxylation is 1. The van der Waals surface area contributed by atoms with E-state index < -0.39 is 17.0 Å². The van der Waals surface area contributed by atoms with Crippen molar-refractivity contribution < 1.29 is 19.4 Å². The van der Waals surface area contributed by atoms with Crippen molar-refractivity contribution in [2.24, 2.45) is 0 Å². The van der Waals surface area contributed by atoms with Crippen molar-refractivity contribution in [3.05, 3.63) is 23.5 Å². The van der Waals surface area contributed by atoms with Gasteiger partial charge >= 0.3 is 12.1 Å². The van der Waals surface area contributed by atoms with E-state index in [9.17, 15) is 14.7 Å². The van der Waals surface area contributed by atoms with Crippen molar-refractivity contribution in [3.63, 3.8) is 0 Å². The number of carboxylic acids is 1. The zero-order valence-corrected chi connectivity index (χ0v) is 13.8. The second-order valence-electron chi connectivity index (χ2n) is 7.29. The van der Waals surface area contributed by atoms with Gasteiger partial charge in [0.15, 0.2) is 0 Å². The lowest BCUT2D eigenvalue weighted by Crippen LogP contribution is -2.40. The summed E-state index contributed by atoms with van der Waals surface area (Å²) in [4.78, 5) is 30.0. The molecule has 0 unspecified atom stereocenters. The van der Waals surface area contributed by atoms with E-state index in [0.717, 1.165) is 24.2 Å². The first-order chi connectivity index (χ1) is 10.7. The van der Waals surface area contributed by atoms with E-state index in [1.807, 2.05) is 26.8 Å². The number of carbonyl (C=O) groups excluding carboxylic acids is 1. The Morgan fingerprint density at radius 3 is 2.57 bits per heavy atom. The molecule has 1 aromatic rings. The fraction of sp³-hybridized carbons (Fsp3) is 0.588. The number of fused-ring (bicyclic) bond motifs is 1. The number of hydrogen-bond donors (Lipinski definition) is 1. The van der Waals surface area contributed by atoms with Gasteiger partial charge in [-0.2, -0.15) is 0 Å². The van der Waals surface area contributed by atoms with Crippen LogP contribution >= 0.6 is 0 Å². The van der Waals surface area contributed by atoms with Crippen molar-refractivity contribution in [2.45, 2.75) is 57.5 Å². The maximum atomic E-state index is 12.4. The van der Waals surface area contributed by atoms with E-state index in [-0.39, 0.29) is 6.09 Å². The molecule has 0 radical (unpaired) electrons. The highest BCUT2D eigenvalue weighted by molar-refractivity contribution is 5.89. The first kappa shape index (κ1) is 15.8. The molecule has 1 saturated carbocycles. The predicted octanol–water partition coefficient (Wildman–Crippen LogP) is 2.89. The van der Waals surface area contributed by atoms with Crippen LogP contribution in [0.2, 0.25) is 0 Å². The molecular formula is C17H22N2O4. The Morgan fingerprint density at radius 2 is 2.00 bits per heavy atom. The van der Waals surface area contributed by atoms with Crippen molar-refractivity contribution >= 4 is 17.7 Å². The van der Waals surface area contributed by atoms with Gasteiger partial charge in [0.05, 0.1) is 17.1 Å². The summed E-state index contributed by atoms with van der Waals surface area (Å²) in [5.41, 5.74) is 0.754. The Bertz CT molecular complexity index is 659. The third kappa shape index (κ3) is 2.90. The van der Waals surface area contributed by atoms with Crippen LogP contribution in [0.15, 0.2) is 12.1 Å². The second kappa shape index (κ2) is 5.22. The average Bonchev–Trinajstić information content (AvgIpc) is 3.26. The van der Waals surface area contributed by atoms with Crippen molar-refractivity contribution in [3.8, 4) is 0 Å². The molecule has 0 bridgehead atoms. The lowest BCUT2D eigenvalue weighted by Gasteiger charge is -2.31. The zero-order valence-electron chi connectivity index (χ0n) is 13.8. The third-order valence-electron chi connectivity index (χ3n) is 4.30. The topological polar surface area (TPSA) is 79.7 Å². The number of carbonyl (C=O) groups is 2. The fourth-order valence-electron chi connectivity index (χ4n) is 2.93. The average molecular weight is 318 g/mol. The van der Waals surface area contributed by atoms with Gasteiger partial charge in [-0.15, -0.1) is 0 Å². The lowest BCUT2D eigenvalue weighted by molar-refractivity contribution is -0.140. The molecule has 2 heterocycles. The largest absolute Gasteiger partial charge is 0.481 e. The fourth-order valence-corrected chi connectivity index (χ4v) is 2.93. The lowest BCUT2D eigenvalue weighted by atomic mass is 9.99. The van der Waals surface area contributed by atoms with Crippen LogP contribution in [-0.2, 0) is 21.4 Å². The summed E-state index contributed by atoms with van der Waals surface area (Å²) in [5.74, 6) is -0.815. The Labute approximate surface area is 135 Å². The Hall–Kier alpha value is -2.11. The SMILES string of the molecule is CC(C)(C)OC(=O)N1CCCc2nc(C3(C(=O)O)CC3)ccc21. The third-order valence-corrected chi connectivity index (χ3v) is 4.30. The Balaban J connectivity index is 1.89. The molecule has 0 aromatic carbocycles. The molecule has 0 saturated heterocycles. The van der Waals surface area contributed by atoms with Gasteiger partial charge < -0.3 is 9.84 Å². The van der Waals surface area contributed by atoms with E-state index in [2.05, 4.69) is 4.98 Å². The van der Waals surface area contributed by atoms with Crippen LogP contribution in [0.3, 0.4) is 0 Å². The minimum absolute atomic E-state index is 0.382. The first-order valence-electron chi connectivity index (χ1n) is 7.97.